The lowest BCUT2D eigenvalue weighted by Gasteiger charge is -2.26. The molecule has 1 N–H and O–H groups in total. The first-order valence-electron chi connectivity index (χ1n) is 9.88. The van der Waals surface area contributed by atoms with Crippen molar-refractivity contribution >= 4 is 5.91 Å². The second-order valence-electron chi connectivity index (χ2n) is 7.49. The van der Waals surface area contributed by atoms with Crippen LogP contribution in [0.2, 0.25) is 0 Å². The van der Waals surface area contributed by atoms with Crippen LogP contribution in [0, 0.1) is 0 Å². The maximum atomic E-state index is 12.5. The fourth-order valence-corrected chi connectivity index (χ4v) is 3.32. The second-order valence-corrected chi connectivity index (χ2v) is 7.49. The molecular formula is C23H30N2O2. The van der Waals surface area contributed by atoms with Crippen LogP contribution < -0.4 is 5.32 Å². The third-order valence-corrected chi connectivity index (χ3v) is 5.04. The van der Waals surface area contributed by atoms with Gasteiger partial charge >= 0.3 is 0 Å². The summed E-state index contributed by atoms with van der Waals surface area (Å²) in [6.45, 7) is 9.39. The number of rotatable bonds is 7. The van der Waals surface area contributed by atoms with Crippen molar-refractivity contribution in [2.45, 2.75) is 32.7 Å². The van der Waals surface area contributed by atoms with E-state index < -0.39 is 0 Å². The average molecular weight is 367 g/mol. The zero-order valence-corrected chi connectivity index (χ0v) is 16.4. The van der Waals surface area contributed by atoms with E-state index in [0.29, 0.717) is 12.5 Å². The van der Waals surface area contributed by atoms with Crippen LogP contribution in [0.4, 0.5) is 0 Å². The molecule has 1 aliphatic heterocycles. The van der Waals surface area contributed by atoms with Gasteiger partial charge in [-0.1, -0.05) is 50.2 Å². The summed E-state index contributed by atoms with van der Waals surface area (Å²) in [6.07, 6.45) is 0.845. The molecule has 1 aliphatic rings. The molecule has 0 spiro atoms. The number of carbonyl (C=O) groups excluding carboxylic acids is 1. The third kappa shape index (κ3) is 5.91. The van der Waals surface area contributed by atoms with Crippen LogP contribution >= 0.6 is 0 Å². The summed E-state index contributed by atoms with van der Waals surface area (Å²) in [5.41, 5.74) is 4.50. The minimum atomic E-state index is -0.00220. The van der Waals surface area contributed by atoms with Gasteiger partial charge in [-0.2, -0.15) is 0 Å². The Bertz CT molecular complexity index is 734. The van der Waals surface area contributed by atoms with Gasteiger partial charge in [0.05, 0.1) is 13.2 Å². The lowest BCUT2D eigenvalue weighted by Crippen LogP contribution is -2.35. The highest BCUT2D eigenvalue weighted by Crippen LogP contribution is 2.15. The summed E-state index contributed by atoms with van der Waals surface area (Å²) < 4.78 is 5.39. The van der Waals surface area contributed by atoms with Crippen LogP contribution in [0.25, 0.3) is 0 Å². The van der Waals surface area contributed by atoms with E-state index in [9.17, 15) is 4.79 Å². The average Bonchev–Trinajstić information content (AvgIpc) is 2.69. The molecule has 1 saturated heterocycles. The first-order valence-corrected chi connectivity index (χ1v) is 9.88. The monoisotopic (exact) mass is 366 g/mol. The molecule has 1 fully saturated rings. The Balaban J connectivity index is 1.49. The Morgan fingerprint density at radius 3 is 2.52 bits per heavy atom. The molecule has 0 aromatic heterocycles. The van der Waals surface area contributed by atoms with E-state index in [0.717, 1.165) is 44.8 Å². The number of amides is 1. The van der Waals surface area contributed by atoms with Gasteiger partial charge < -0.3 is 10.1 Å². The van der Waals surface area contributed by atoms with E-state index in [1.807, 2.05) is 18.2 Å². The zero-order valence-electron chi connectivity index (χ0n) is 16.4. The van der Waals surface area contributed by atoms with Crippen LogP contribution in [-0.2, 0) is 17.7 Å². The molecule has 0 unspecified atom stereocenters. The summed E-state index contributed by atoms with van der Waals surface area (Å²) in [6, 6.07) is 16.6. The summed E-state index contributed by atoms with van der Waals surface area (Å²) in [5, 5.41) is 3.04. The van der Waals surface area contributed by atoms with Crippen molar-refractivity contribution in [2.24, 2.45) is 0 Å². The minimum Gasteiger partial charge on any atom is -0.379 e. The molecular weight excluding hydrogens is 336 g/mol. The first kappa shape index (κ1) is 19.6. The van der Waals surface area contributed by atoms with Crippen molar-refractivity contribution in [2.75, 3.05) is 32.8 Å². The Morgan fingerprint density at radius 2 is 1.81 bits per heavy atom. The van der Waals surface area contributed by atoms with Gasteiger partial charge in [-0.3, -0.25) is 9.69 Å². The van der Waals surface area contributed by atoms with Gasteiger partial charge in [0.2, 0.25) is 0 Å². The van der Waals surface area contributed by atoms with Crippen molar-refractivity contribution in [3.8, 4) is 0 Å². The van der Waals surface area contributed by atoms with Crippen LogP contribution in [0.3, 0.4) is 0 Å². The number of hydrogen-bond donors (Lipinski definition) is 1. The highest BCUT2D eigenvalue weighted by molar-refractivity contribution is 5.94. The Labute approximate surface area is 162 Å². The Kier molecular flexibility index (Phi) is 7.02. The van der Waals surface area contributed by atoms with Crippen molar-refractivity contribution in [1.29, 1.82) is 0 Å². The predicted molar refractivity (Wildman–Crippen MR) is 109 cm³/mol. The number of hydrogen-bond acceptors (Lipinski definition) is 3. The molecule has 4 heteroatoms. The molecule has 1 amide bonds. The van der Waals surface area contributed by atoms with E-state index >= 15 is 0 Å². The highest BCUT2D eigenvalue weighted by Gasteiger charge is 2.12. The molecule has 2 aromatic carbocycles. The van der Waals surface area contributed by atoms with Crippen molar-refractivity contribution in [1.82, 2.24) is 10.2 Å². The topological polar surface area (TPSA) is 41.6 Å². The van der Waals surface area contributed by atoms with Crippen LogP contribution in [0.1, 0.15) is 46.8 Å². The zero-order chi connectivity index (χ0) is 19.1. The van der Waals surface area contributed by atoms with Crippen LogP contribution in [-0.4, -0.2) is 43.7 Å². The van der Waals surface area contributed by atoms with Gasteiger partial charge in [0.15, 0.2) is 0 Å². The standard InChI is InChI=1S/C23H30N2O2/c1-18(2)21-8-6-19(7-9-21)10-11-24-23(26)22-5-3-4-20(16-22)17-25-12-14-27-15-13-25/h3-9,16,18H,10-15,17H2,1-2H3,(H,24,26). The number of morpholine rings is 1. The summed E-state index contributed by atoms with van der Waals surface area (Å²) >= 11 is 0. The van der Waals surface area contributed by atoms with Crippen molar-refractivity contribution in [3.63, 3.8) is 0 Å². The second kappa shape index (κ2) is 9.67. The minimum absolute atomic E-state index is 0.00220. The number of benzene rings is 2. The lowest BCUT2D eigenvalue weighted by molar-refractivity contribution is 0.0342. The molecule has 3 rings (SSSR count). The SMILES string of the molecule is CC(C)c1ccc(CCNC(=O)c2cccc(CN3CCOCC3)c2)cc1. The van der Waals surface area contributed by atoms with Crippen LogP contribution in [0.5, 0.6) is 0 Å². The molecule has 0 aliphatic carbocycles. The van der Waals surface area contributed by atoms with E-state index in [2.05, 4.69) is 54.4 Å². The Hall–Kier alpha value is -2.17. The molecule has 2 aromatic rings. The molecule has 27 heavy (non-hydrogen) atoms. The quantitative estimate of drug-likeness (QED) is 0.814. The van der Waals surface area contributed by atoms with Gasteiger partial charge in [-0.05, 0) is 41.2 Å². The summed E-state index contributed by atoms with van der Waals surface area (Å²) in [7, 11) is 0. The number of nitrogens with zero attached hydrogens (tertiary/aromatic N) is 1. The van der Waals surface area contributed by atoms with Gasteiger partial charge in [0.1, 0.15) is 0 Å². The maximum absolute atomic E-state index is 12.5. The summed E-state index contributed by atoms with van der Waals surface area (Å²) in [5.74, 6) is 0.543. The van der Waals surface area contributed by atoms with Gasteiger partial charge in [-0.25, -0.2) is 0 Å². The smallest absolute Gasteiger partial charge is 0.251 e. The third-order valence-electron chi connectivity index (χ3n) is 5.04. The van der Waals surface area contributed by atoms with E-state index in [4.69, 9.17) is 4.74 Å². The van der Waals surface area contributed by atoms with E-state index in [-0.39, 0.29) is 5.91 Å². The number of carbonyl (C=O) groups is 1. The molecule has 144 valence electrons. The molecule has 0 radical (unpaired) electrons. The van der Waals surface area contributed by atoms with Crippen molar-refractivity contribution in [3.05, 3.63) is 70.8 Å². The fraction of sp³-hybridized carbons (Fsp3) is 0.435. The van der Waals surface area contributed by atoms with E-state index in [1.165, 1.54) is 16.7 Å². The van der Waals surface area contributed by atoms with Gasteiger partial charge in [0, 0.05) is 31.7 Å². The maximum Gasteiger partial charge on any atom is 0.251 e. The lowest BCUT2D eigenvalue weighted by atomic mass is 10.0. The van der Waals surface area contributed by atoms with Gasteiger partial charge in [-0.15, -0.1) is 0 Å². The van der Waals surface area contributed by atoms with Crippen LogP contribution in [0.15, 0.2) is 48.5 Å². The van der Waals surface area contributed by atoms with E-state index in [1.54, 1.807) is 0 Å². The molecule has 1 heterocycles. The fourth-order valence-electron chi connectivity index (χ4n) is 3.32. The number of nitrogens with one attached hydrogen (secondary N) is 1. The molecule has 0 atom stereocenters. The first-order chi connectivity index (χ1) is 13.1. The highest BCUT2D eigenvalue weighted by atomic mass is 16.5. The Morgan fingerprint density at radius 1 is 1.07 bits per heavy atom. The van der Waals surface area contributed by atoms with Crippen molar-refractivity contribution < 1.29 is 9.53 Å². The number of ether oxygens (including phenoxy) is 1. The molecule has 4 nitrogen and oxygen atoms in total. The molecule has 0 saturated carbocycles. The predicted octanol–water partition coefficient (Wildman–Crippen LogP) is 3.61. The van der Waals surface area contributed by atoms with Gasteiger partial charge in [0.25, 0.3) is 5.91 Å². The molecule has 0 bridgehead atoms. The summed E-state index contributed by atoms with van der Waals surface area (Å²) in [4.78, 5) is 14.8. The normalized spacial score (nSPS) is 15.1. The largest absolute Gasteiger partial charge is 0.379 e.